The number of rotatable bonds is 4. The van der Waals surface area contributed by atoms with Gasteiger partial charge in [-0.15, -0.1) is 0 Å². The van der Waals surface area contributed by atoms with Gasteiger partial charge in [0.2, 0.25) is 0 Å². The Morgan fingerprint density at radius 2 is 1.67 bits per heavy atom. The van der Waals surface area contributed by atoms with Crippen molar-refractivity contribution >= 4 is 10.8 Å². The molecule has 1 aliphatic rings. The van der Waals surface area contributed by atoms with Crippen LogP contribution in [0.15, 0.2) is 42.5 Å². The topological polar surface area (TPSA) is 12.0 Å². The molecule has 0 aromatic heterocycles. The van der Waals surface area contributed by atoms with Crippen LogP contribution in [0, 0.1) is 5.92 Å². The Morgan fingerprint density at radius 1 is 0.952 bits per heavy atom. The molecule has 1 fully saturated rings. The Labute approximate surface area is 128 Å². The standard InChI is InChI=1S/C20H27N/c1-16(18-8-4-2-3-5-9-18)21-15-17-12-13-19-10-6-7-11-20(19)14-17/h6-7,10-14,16,18,21H,2-5,8-9,15H2,1H3/t16-/m1/s1. The maximum absolute atomic E-state index is 3.76. The molecule has 0 unspecified atom stereocenters. The molecule has 2 aromatic rings. The van der Waals surface area contributed by atoms with Gasteiger partial charge in [0.15, 0.2) is 0 Å². The second-order valence-electron chi connectivity index (χ2n) is 6.60. The number of fused-ring (bicyclic) bond motifs is 1. The first-order valence-electron chi connectivity index (χ1n) is 8.54. The van der Waals surface area contributed by atoms with Gasteiger partial charge >= 0.3 is 0 Å². The number of benzene rings is 2. The smallest absolute Gasteiger partial charge is 0.0208 e. The number of nitrogens with one attached hydrogen (secondary N) is 1. The van der Waals surface area contributed by atoms with Gasteiger partial charge in [-0.3, -0.25) is 0 Å². The molecule has 0 spiro atoms. The average Bonchev–Trinajstić information content (AvgIpc) is 2.81. The van der Waals surface area contributed by atoms with E-state index in [2.05, 4.69) is 54.7 Å². The molecule has 1 nitrogen and oxygen atoms in total. The largest absolute Gasteiger partial charge is 0.310 e. The van der Waals surface area contributed by atoms with E-state index in [1.165, 1.54) is 54.9 Å². The van der Waals surface area contributed by atoms with Crippen molar-refractivity contribution in [3.05, 3.63) is 48.0 Å². The molecule has 3 rings (SSSR count). The normalized spacial score (nSPS) is 18.5. The summed E-state index contributed by atoms with van der Waals surface area (Å²) < 4.78 is 0. The Hall–Kier alpha value is -1.34. The summed E-state index contributed by atoms with van der Waals surface area (Å²) >= 11 is 0. The van der Waals surface area contributed by atoms with E-state index in [-0.39, 0.29) is 0 Å². The molecule has 0 aliphatic heterocycles. The van der Waals surface area contributed by atoms with Crippen molar-refractivity contribution in [3.63, 3.8) is 0 Å². The van der Waals surface area contributed by atoms with Gasteiger partial charge in [-0.2, -0.15) is 0 Å². The van der Waals surface area contributed by atoms with Gasteiger partial charge in [-0.1, -0.05) is 62.1 Å². The lowest BCUT2D eigenvalue weighted by molar-refractivity contribution is 0.337. The fraction of sp³-hybridized carbons (Fsp3) is 0.500. The second-order valence-corrected chi connectivity index (χ2v) is 6.60. The van der Waals surface area contributed by atoms with Crippen LogP contribution in [0.25, 0.3) is 10.8 Å². The van der Waals surface area contributed by atoms with E-state index in [1.54, 1.807) is 0 Å². The molecule has 21 heavy (non-hydrogen) atoms. The van der Waals surface area contributed by atoms with Gasteiger partial charge in [0.25, 0.3) is 0 Å². The molecule has 0 saturated heterocycles. The molecule has 1 heteroatoms. The maximum atomic E-state index is 3.76. The minimum absolute atomic E-state index is 0.634. The summed E-state index contributed by atoms with van der Waals surface area (Å²) in [5.41, 5.74) is 1.40. The van der Waals surface area contributed by atoms with Crippen LogP contribution in [0.5, 0.6) is 0 Å². The first kappa shape index (κ1) is 14.6. The molecular weight excluding hydrogens is 254 g/mol. The zero-order valence-corrected chi connectivity index (χ0v) is 13.1. The molecule has 1 atom stereocenters. The van der Waals surface area contributed by atoms with Crippen LogP contribution in [0.4, 0.5) is 0 Å². The summed E-state index contributed by atoms with van der Waals surface area (Å²) in [6.45, 7) is 3.36. The molecule has 112 valence electrons. The van der Waals surface area contributed by atoms with Gasteiger partial charge in [-0.25, -0.2) is 0 Å². The minimum Gasteiger partial charge on any atom is -0.310 e. The van der Waals surface area contributed by atoms with Gasteiger partial charge in [0, 0.05) is 12.6 Å². The van der Waals surface area contributed by atoms with E-state index in [9.17, 15) is 0 Å². The predicted molar refractivity (Wildman–Crippen MR) is 91.4 cm³/mol. The predicted octanol–water partition coefficient (Wildman–Crippen LogP) is 5.29. The van der Waals surface area contributed by atoms with E-state index in [1.807, 2.05) is 0 Å². The van der Waals surface area contributed by atoms with Crippen LogP contribution in [0.2, 0.25) is 0 Å². The summed E-state index contributed by atoms with van der Waals surface area (Å²) in [5, 5.41) is 6.44. The van der Waals surface area contributed by atoms with Crippen molar-refractivity contribution < 1.29 is 0 Å². The van der Waals surface area contributed by atoms with Crippen LogP contribution in [0.3, 0.4) is 0 Å². The van der Waals surface area contributed by atoms with Crippen molar-refractivity contribution in [2.45, 2.75) is 58.0 Å². The Morgan fingerprint density at radius 3 is 2.43 bits per heavy atom. The van der Waals surface area contributed by atoms with Crippen LogP contribution >= 0.6 is 0 Å². The summed E-state index contributed by atoms with van der Waals surface area (Å²) in [6, 6.07) is 16.1. The third-order valence-electron chi connectivity index (χ3n) is 5.05. The lowest BCUT2D eigenvalue weighted by Crippen LogP contribution is -2.32. The monoisotopic (exact) mass is 281 g/mol. The lowest BCUT2D eigenvalue weighted by Gasteiger charge is -2.23. The molecule has 0 amide bonds. The number of hydrogen-bond acceptors (Lipinski definition) is 1. The molecular formula is C20H27N. The van der Waals surface area contributed by atoms with Crippen LogP contribution in [-0.4, -0.2) is 6.04 Å². The highest BCUT2D eigenvalue weighted by Crippen LogP contribution is 2.25. The lowest BCUT2D eigenvalue weighted by atomic mass is 9.93. The highest BCUT2D eigenvalue weighted by Gasteiger charge is 2.18. The Kier molecular flexibility index (Phi) is 4.92. The molecule has 2 aromatic carbocycles. The summed E-state index contributed by atoms with van der Waals surface area (Å²) in [7, 11) is 0. The molecule has 0 heterocycles. The maximum Gasteiger partial charge on any atom is 0.0208 e. The van der Waals surface area contributed by atoms with E-state index >= 15 is 0 Å². The van der Waals surface area contributed by atoms with E-state index < -0.39 is 0 Å². The molecule has 1 saturated carbocycles. The molecule has 1 N–H and O–H groups in total. The van der Waals surface area contributed by atoms with E-state index in [0.717, 1.165) is 12.5 Å². The second kappa shape index (κ2) is 7.09. The highest BCUT2D eigenvalue weighted by molar-refractivity contribution is 5.82. The molecule has 0 bridgehead atoms. The quantitative estimate of drug-likeness (QED) is 0.751. The Balaban J connectivity index is 1.60. The van der Waals surface area contributed by atoms with Gasteiger partial charge in [-0.05, 0) is 48.1 Å². The average molecular weight is 281 g/mol. The van der Waals surface area contributed by atoms with Crippen LogP contribution in [-0.2, 0) is 6.54 Å². The first-order chi connectivity index (χ1) is 10.3. The van der Waals surface area contributed by atoms with E-state index in [4.69, 9.17) is 0 Å². The summed E-state index contributed by atoms with van der Waals surface area (Å²) in [6.07, 6.45) is 8.54. The zero-order valence-electron chi connectivity index (χ0n) is 13.1. The Bertz CT molecular complexity index is 567. The number of hydrogen-bond donors (Lipinski definition) is 1. The van der Waals surface area contributed by atoms with E-state index in [0.29, 0.717) is 6.04 Å². The van der Waals surface area contributed by atoms with Crippen molar-refractivity contribution in [1.29, 1.82) is 0 Å². The summed E-state index contributed by atoms with van der Waals surface area (Å²) in [4.78, 5) is 0. The highest BCUT2D eigenvalue weighted by atomic mass is 14.9. The van der Waals surface area contributed by atoms with Crippen molar-refractivity contribution in [1.82, 2.24) is 5.32 Å². The molecule has 0 radical (unpaired) electrons. The van der Waals surface area contributed by atoms with Crippen LogP contribution in [0.1, 0.15) is 51.0 Å². The van der Waals surface area contributed by atoms with Gasteiger partial charge < -0.3 is 5.32 Å². The summed E-state index contributed by atoms with van der Waals surface area (Å²) in [5.74, 6) is 0.868. The van der Waals surface area contributed by atoms with Gasteiger partial charge in [0.1, 0.15) is 0 Å². The first-order valence-corrected chi connectivity index (χ1v) is 8.54. The van der Waals surface area contributed by atoms with Crippen molar-refractivity contribution in [2.75, 3.05) is 0 Å². The molecule has 1 aliphatic carbocycles. The SMILES string of the molecule is C[C@@H](NCc1ccc2ccccc2c1)C1CCCCCC1. The minimum atomic E-state index is 0.634. The van der Waals surface area contributed by atoms with Crippen molar-refractivity contribution in [3.8, 4) is 0 Å². The third-order valence-corrected chi connectivity index (χ3v) is 5.05. The zero-order chi connectivity index (χ0) is 14.5. The third kappa shape index (κ3) is 3.85. The fourth-order valence-electron chi connectivity index (χ4n) is 3.61. The van der Waals surface area contributed by atoms with Crippen LogP contribution < -0.4 is 5.32 Å². The van der Waals surface area contributed by atoms with Crippen molar-refractivity contribution in [2.24, 2.45) is 5.92 Å². The van der Waals surface area contributed by atoms with Gasteiger partial charge in [0.05, 0.1) is 0 Å². The fourth-order valence-corrected chi connectivity index (χ4v) is 3.61.